The van der Waals surface area contributed by atoms with Crippen molar-refractivity contribution in [3.8, 4) is 16.9 Å². The molecule has 13 heteroatoms. The maximum absolute atomic E-state index is 11.7. The molecule has 1 unspecified atom stereocenters. The van der Waals surface area contributed by atoms with Crippen LogP contribution >= 0.6 is 11.6 Å². The van der Waals surface area contributed by atoms with Crippen LogP contribution in [0.3, 0.4) is 0 Å². The summed E-state index contributed by atoms with van der Waals surface area (Å²) in [5.74, 6) is 1.14. The minimum Gasteiger partial charge on any atom is -0.439 e. The molecule has 0 saturated heterocycles. The summed E-state index contributed by atoms with van der Waals surface area (Å²) in [5.41, 5.74) is 4.84. The van der Waals surface area contributed by atoms with Gasteiger partial charge in [-0.1, -0.05) is 54.9 Å². The Labute approximate surface area is 263 Å². The summed E-state index contributed by atoms with van der Waals surface area (Å²) < 4.78 is 71.5. The van der Waals surface area contributed by atoms with Crippen LogP contribution in [0.15, 0.2) is 88.7 Å². The Hall–Kier alpha value is -3.52. The number of aromatic nitrogens is 1. The van der Waals surface area contributed by atoms with Gasteiger partial charge >= 0.3 is 17.3 Å². The summed E-state index contributed by atoms with van der Waals surface area (Å²) in [6, 6.07) is 20.9. The SMILES string of the molecule is CCC(=Cc1oc2ccc(-c3ccccc3)cc2[n+]1CCS(=O)(=O)O)C=C1Oc2ccc(Cl)cc2N1CCCCOS(=O)O. The zero-order chi connectivity index (χ0) is 31.3. The summed E-state index contributed by atoms with van der Waals surface area (Å²) in [6.45, 7) is 2.65. The molecule has 1 aliphatic heterocycles. The van der Waals surface area contributed by atoms with Crippen LogP contribution in [0.1, 0.15) is 32.1 Å². The minimum atomic E-state index is -4.23. The van der Waals surface area contributed by atoms with Crippen LogP contribution in [0.4, 0.5) is 5.69 Å². The van der Waals surface area contributed by atoms with Gasteiger partial charge in [0, 0.05) is 23.7 Å². The number of aryl methyl sites for hydroxylation is 1. The molecule has 0 aliphatic carbocycles. The number of allylic oxidation sites excluding steroid dienone is 2. The van der Waals surface area contributed by atoms with E-state index < -0.39 is 27.2 Å². The Kier molecular flexibility index (Phi) is 10.2. The normalized spacial score (nSPS) is 15.1. The first-order valence-corrected chi connectivity index (χ1v) is 17.0. The molecular weight excluding hydrogens is 628 g/mol. The lowest BCUT2D eigenvalue weighted by Crippen LogP contribution is -2.38. The highest BCUT2D eigenvalue weighted by Gasteiger charge is 2.28. The highest BCUT2D eigenvalue weighted by Crippen LogP contribution is 2.41. The Balaban J connectivity index is 1.51. The van der Waals surface area contributed by atoms with E-state index in [9.17, 15) is 17.2 Å². The molecule has 5 rings (SSSR count). The topological polar surface area (TPSA) is 130 Å². The average Bonchev–Trinajstić information content (AvgIpc) is 3.51. The highest BCUT2D eigenvalue weighted by molar-refractivity contribution is 7.85. The summed E-state index contributed by atoms with van der Waals surface area (Å²) in [7, 11) is -4.23. The first-order chi connectivity index (χ1) is 21.1. The fourth-order valence-corrected chi connectivity index (χ4v) is 5.77. The van der Waals surface area contributed by atoms with E-state index in [1.165, 1.54) is 0 Å². The van der Waals surface area contributed by atoms with E-state index in [0.717, 1.165) is 22.4 Å². The molecular formula is C31H32ClN2O8S2+. The third kappa shape index (κ3) is 7.95. The first-order valence-electron chi connectivity index (χ1n) is 14.0. The highest BCUT2D eigenvalue weighted by atomic mass is 35.5. The Morgan fingerprint density at radius 1 is 1.09 bits per heavy atom. The molecule has 10 nitrogen and oxygen atoms in total. The maximum atomic E-state index is 11.7. The summed E-state index contributed by atoms with van der Waals surface area (Å²) in [4.78, 5) is 1.98. The Morgan fingerprint density at radius 3 is 2.61 bits per heavy atom. The lowest BCUT2D eigenvalue weighted by molar-refractivity contribution is -0.673. The van der Waals surface area contributed by atoms with Gasteiger partial charge in [0.1, 0.15) is 5.75 Å². The van der Waals surface area contributed by atoms with Crippen molar-refractivity contribution in [3.05, 3.63) is 95.2 Å². The van der Waals surface area contributed by atoms with Crippen molar-refractivity contribution in [2.45, 2.75) is 32.7 Å². The second kappa shape index (κ2) is 14.1. The second-order valence-electron chi connectivity index (χ2n) is 10.1. The molecule has 0 amide bonds. The molecule has 0 spiro atoms. The van der Waals surface area contributed by atoms with Crippen molar-refractivity contribution >= 4 is 55.9 Å². The van der Waals surface area contributed by atoms with Crippen LogP contribution in [0.5, 0.6) is 5.75 Å². The number of halogens is 1. The molecule has 1 aromatic heterocycles. The molecule has 0 radical (unpaired) electrons. The van der Waals surface area contributed by atoms with Crippen molar-refractivity contribution < 1.29 is 39.6 Å². The van der Waals surface area contributed by atoms with Gasteiger partial charge < -0.3 is 14.1 Å². The van der Waals surface area contributed by atoms with E-state index in [-0.39, 0.29) is 13.2 Å². The molecule has 44 heavy (non-hydrogen) atoms. The van der Waals surface area contributed by atoms with Crippen LogP contribution < -0.4 is 14.2 Å². The third-order valence-electron chi connectivity index (χ3n) is 7.09. The number of benzene rings is 3. The van der Waals surface area contributed by atoms with Gasteiger partial charge in [0.2, 0.25) is 11.5 Å². The van der Waals surface area contributed by atoms with Crippen LogP contribution in [0.25, 0.3) is 28.3 Å². The summed E-state index contributed by atoms with van der Waals surface area (Å²) >= 11 is 3.99. The lowest BCUT2D eigenvalue weighted by Gasteiger charge is -2.18. The smallest absolute Gasteiger partial charge is 0.374 e. The van der Waals surface area contributed by atoms with Crippen molar-refractivity contribution in [2.24, 2.45) is 0 Å². The molecule has 1 aliphatic rings. The van der Waals surface area contributed by atoms with Crippen molar-refractivity contribution in [2.75, 3.05) is 23.8 Å². The van der Waals surface area contributed by atoms with Crippen LogP contribution in [0, 0.1) is 0 Å². The number of nitrogens with zero attached hydrogens (tertiary/aromatic N) is 2. The summed E-state index contributed by atoms with van der Waals surface area (Å²) in [5, 5.41) is 0.556. The molecule has 2 heterocycles. The van der Waals surface area contributed by atoms with E-state index in [1.807, 2.05) is 78.6 Å². The first kappa shape index (κ1) is 31.9. The van der Waals surface area contributed by atoms with Gasteiger partial charge in [-0.05, 0) is 60.2 Å². The van der Waals surface area contributed by atoms with E-state index in [4.69, 9.17) is 29.5 Å². The number of rotatable bonds is 13. The second-order valence-corrected chi connectivity index (χ2v) is 12.8. The van der Waals surface area contributed by atoms with Gasteiger partial charge in [-0.25, -0.2) is 0 Å². The van der Waals surface area contributed by atoms with Gasteiger partial charge in [-0.15, -0.1) is 0 Å². The fraction of sp³-hybridized carbons (Fsp3) is 0.258. The van der Waals surface area contributed by atoms with Gasteiger partial charge in [-0.2, -0.15) is 17.2 Å². The number of anilines is 1. The zero-order valence-electron chi connectivity index (χ0n) is 23.9. The molecule has 0 saturated carbocycles. The quantitative estimate of drug-likeness (QED) is 0.0725. The van der Waals surface area contributed by atoms with E-state index in [2.05, 4.69) is 0 Å². The average molecular weight is 660 g/mol. The fourth-order valence-electron chi connectivity index (χ4n) is 4.93. The predicted molar refractivity (Wildman–Crippen MR) is 170 cm³/mol. The zero-order valence-corrected chi connectivity index (χ0v) is 26.3. The number of oxazole rings is 1. The Bertz CT molecular complexity index is 1840. The molecule has 4 aromatic rings. The number of ether oxygens (including phenoxy) is 1. The van der Waals surface area contributed by atoms with E-state index in [0.29, 0.717) is 59.5 Å². The lowest BCUT2D eigenvalue weighted by atomic mass is 10.1. The number of hydrogen-bond donors (Lipinski definition) is 2. The number of hydrogen-bond acceptors (Lipinski definition) is 7. The van der Waals surface area contributed by atoms with Crippen LogP contribution in [0.2, 0.25) is 5.02 Å². The standard InChI is InChI=1S/C31H31ClN2O8S2/c1-2-22(18-30-33(14-6-7-16-40-43(35)36)27-21-25(32)11-13-29(27)42-30)19-31-34(15-17-44(37,38)39)26-20-24(10-12-28(26)41-31)23-8-4-3-5-9-23/h3-5,8-13,18-21H,2,6-7,14-17H2,1H3,(H-,35,36,37,38,39)/p+1. The number of fused-ring (bicyclic) bond motifs is 2. The van der Waals surface area contributed by atoms with E-state index >= 15 is 0 Å². The third-order valence-corrected chi connectivity index (χ3v) is 8.39. The maximum Gasteiger partial charge on any atom is 0.374 e. The molecule has 0 bridgehead atoms. The van der Waals surface area contributed by atoms with E-state index in [1.54, 1.807) is 16.7 Å². The van der Waals surface area contributed by atoms with Gasteiger partial charge in [0.25, 0.3) is 15.6 Å². The molecule has 0 fully saturated rings. The molecule has 2 N–H and O–H groups in total. The van der Waals surface area contributed by atoms with Gasteiger partial charge in [0.05, 0.1) is 18.4 Å². The van der Waals surface area contributed by atoms with Gasteiger partial charge in [0.15, 0.2) is 12.3 Å². The Morgan fingerprint density at radius 2 is 1.89 bits per heavy atom. The van der Waals surface area contributed by atoms with Crippen molar-refractivity contribution in [1.29, 1.82) is 0 Å². The summed E-state index contributed by atoms with van der Waals surface area (Å²) in [6.07, 6.45) is 5.53. The number of unbranched alkanes of at least 4 members (excludes halogenated alkanes) is 1. The van der Waals surface area contributed by atoms with Crippen LogP contribution in [-0.2, 0) is 32.2 Å². The van der Waals surface area contributed by atoms with Crippen molar-refractivity contribution in [1.82, 2.24) is 0 Å². The minimum absolute atomic E-state index is 0.0171. The van der Waals surface area contributed by atoms with Crippen molar-refractivity contribution in [3.63, 3.8) is 0 Å². The molecule has 3 aromatic carbocycles. The van der Waals surface area contributed by atoms with Gasteiger partial charge in [-0.3, -0.25) is 13.3 Å². The monoisotopic (exact) mass is 659 g/mol. The molecule has 1 atom stereocenters. The largest absolute Gasteiger partial charge is 0.439 e. The predicted octanol–water partition coefficient (Wildman–Crippen LogP) is 6.40. The molecule has 232 valence electrons. The van der Waals surface area contributed by atoms with Crippen LogP contribution in [-0.4, -0.2) is 40.6 Å².